The van der Waals surface area contributed by atoms with E-state index in [1.165, 1.54) is 0 Å². The molecule has 1 aromatic heterocycles. The predicted molar refractivity (Wildman–Crippen MR) is 104 cm³/mol. The van der Waals surface area contributed by atoms with Gasteiger partial charge in [0.05, 0.1) is 18.4 Å². The average molecular weight is 362 g/mol. The van der Waals surface area contributed by atoms with E-state index < -0.39 is 0 Å². The highest BCUT2D eigenvalue weighted by Crippen LogP contribution is 2.43. The standard InChI is InChI=1S/C22H22N2O3/c1-13-6-3-4-7-16(13)24-22(26)19-14(2)23-17-8-5-9-18(25)21(17)20(19)15-10-11-27-12-15/h3-4,6-7,10-12,20-21H,5,8-9H2,1-2H3,(H,24,26). The molecule has 5 nitrogen and oxygen atoms in total. The number of Topliss-reactive ketones (excluding diaryl/α,β-unsaturated/α-hetero) is 1. The summed E-state index contributed by atoms with van der Waals surface area (Å²) < 4.78 is 5.28. The Labute approximate surface area is 158 Å². The van der Waals surface area contributed by atoms with Crippen molar-refractivity contribution in [3.05, 3.63) is 65.3 Å². The second-order valence-corrected chi connectivity index (χ2v) is 7.20. The zero-order chi connectivity index (χ0) is 19.0. The number of amides is 1. The minimum absolute atomic E-state index is 0.153. The quantitative estimate of drug-likeness (QED) is 0.879. The minimum atomic E-state index is -0.377. The Morgan fingerprint density at radius 1 is 1.15 bits per heavy atom. The van der Waals surface area contributed by atoms with Crippen molar-refractivity contribution in [1.82, 2.24) is 0 Å². The summed E-state index contributed by atoms with van der Waals surface area (Å²) in [6.07, 6.45) is 5.37. The van der Waals surface area contributed by atoms with Crippen LogP contribution < -0.4 is 5.32 Å². The van der Waals surface area contributed by atoms with E-state index in [4.69, 9.17) is 4.42 Å². The lowest BCUT2D eigenvalue weighted by Crippen LogP contribution is -2.39. The lowest BCUT2D eigenvalue weighted by atomic mass is 9.70. The van der Waals surface area contributed by atoms with Gasteiger partial charge in [0.1, 0.15) is 5.78 Å². The summed E-state index contributed by atoms with van der Waals surface area (Å²) in [5.41, 5.74) is 4.70. The van der Waals surface area contributed by atoms with Crippen LogP contribution in [-0.2, 0) is 9.59 Å². The van der Waals surface area contributed by atoms with Crippen LogP contribution in [0, 0.1) is 12.8 Å². The van der Waals surface area contributed by atoms with E-state index in [0.29, 0.717) is 17.7 Å². The van der Waals surface area contributed by atoms with Crippen molar-refractivity contribution in [1.29, 1.82) is 0 Å². The molecule has 1 amide bonds. The summed E-state index contributed by atoms with van der Waals surface area (Å²) in [5.74, 6) is -0.792. The molecule has 0 spiro atoms. The molecule has 27 heavy (non-hydrogen) atoms. The fourth-order valence-electron chi connectivity index (χ4n) is 4.13. The molecule has 0 saturated heterocycles. The van der Waals surface area contributed by atoms with Crippen molar-refractivity contribution < 1.29 is 14.0 Å². The Balaban J connectivity index is 1.78. The Hall–Kier alpha value is -2.95. The van der Waals surface area contributed by atoms with Gasteiger partial charge in [0.2, 0.25) is 0 Å². The van der Waals surface area contributed by atoms with Gasteiger partial charge in [-0.2, -0.15) is 0 Å². The fourth-order valence-corrected chi connectivity index (χ4v) is 4.13. The Kier molecular flexibility index (Phi) is 4.52. The number of nitrogens with one attached hydrogen (secondary N) is 1. The van der Waals surface area contributed by atoms with Gasteiger partial charge in [0.25, 0.3) is 5.91 Å². The first-order valence-electron chi connectivity index (χ1n) is 9.26. The van der Waals surface area contributed by atoms with Crippen LogP contribution in [0.15, 0.2) is 63.5 Å². The van der Waals surface area contributed by atoms with E-state index in [1.807, 2.05) is 44.2 Å². The number of para-hydroxylation sites is 1. The van der Waals surface area contributed by atoms with Crippen LogP contribution in [0.3, 0.4) is 0 Å². The molecule has 1 aromatic carbocycles. The van der Waals surface area contributed by atoms with Crippen LogP contribution in [0.4, 0.5) is 5.69 Å². The van der Waals surface area contributed by atoms with E-state index in [1.54, 1.807) is 12.5 Å². The lowest BCUT2D eigenvalue weighted by Gasteiger charge is -2.35. The number of aryl methyl sites for hydroxylation is 1. The normalized spacial score (nSPS) is 22.3. The first kappa shape index (κ1) is 17.5. The maximum atomic E-state index is 13.2. The van der Waals surface area contributed by atoms with Gasteiger partial charge in [-0.3, -0.25) is 14.6 Å². The number of allylic oxidation sites excluding steroid dienone is 1. The van der Waals surface area contributed by atoms with Crippen LogP contribution >= 0.6 is 0 Å². The third-order valence-electron chi connectivity index (χ3n) is 5.45. The SMILES string of the molecule is CC1=C(C(=O)Nc2ccccc2C)C(c2ccoc2)C2C(=O)CCCC2=N1. The summed E-state index contributed by atoms with van der Waals surface area (Å²) in [6, 6.07) is 9.48. The molecule has 2 heterocycles. The molecule has 1 N–H and O–H groups in total. The third kappa shape index (κ3) is 3.14. The number of carbonyl (C=O) groups is 2. The van der Waals surface area contributed by atoms with Gasteiger partial charge < -0.3 is 9.73 Å². The molecule has 2 unspecified atom stereocenters. The maximum Gasteiger partial charge on any atom is 0.254 e. The summed E-state index contributed by atoms with van der Waals surface area (Å²) in [5, 5.41) is 3.00. The number of ketones is 1. The number of anilines is 1. The van der Waals surface area contributed by atoms with E-state index in [2.05, 4.69) is 10.3 Å². The first-order chi connectivity index (χ1) is 13.1. The number of furan rings is 1. The molecule has 1 saturated carbocycles. The zero-order valence-corrected chi connectivity index (χ0v) is 15.5. The molecule has 1 aliphatic heterocycles. The smallest absolute Gasteiger partial charge is 0.254 e. The van der Waals surface area contributed by atoms with Crippen LogP contribution in [-0.4, -0.2) is 17.4 Å². The summed E-state index contributed by atoms with van der Waals surface area (Å²) in [7, 11) is 0. The van der Waals surface area contributed by atoms with Gasteiger partial charge in [-0.15, -0.1) is 0 Å². The molecule has 0 radical (unpaired) electrons. The lowest BCUT2D eigenvalue weighted by molar-refractivity contribution is -0.122. The molecule has 4 rings (SSSR count). The number of carbonyl (C=O) groups excluding carboxylic acids is 2. The number of nitrogens with zero attached hydrogens (tertiary/aromatic N) is 1. The van der Waals surface area contributed by atoms with Crippen molar-refractivity contribution in [2.75, 3.05) is 5.32 Å². The highest BCUT2D eigenvalue weighted by Gasteiger charge is 2.43. The highest BCUT2D eigenvalue weighted by atomic mass is 16.3. The monoisotopic (exact) mass is 362 g/mol. The molecule has 2 aromatic rings. The average Bonchev–Trinajstić information content (AvgIpc) is 3.17. The van der Waals surface area contributed by atoms with Crippen molar-refractivity contribution in [2.24, 2.45) is 10.9 Å². The number of rotatable bonds is 3. The minimum Gasteiger partial charge on any atom is -0.472 e. The van der Waals surface area contributed by atoms with Crippen LogP contribution in [0.25, 0.3) is 0 Å². The van der Waals surface area contributed by atoms with E-state index in [-0.39, 0.29) is 23.5 Å². The highest BCUT2D eigenvalue weighted by molar-refractivity contribution is 6.14. The Morgan fingerprint density at radius 2 is 1.96 bits per heavy atom. The number of fused-ring (bicyclic) bond motifs is 1. The van der Waals surface area contributed by atoms with Crippen molar-refractivity contribution >= 4 is 23.1 Å². The van der Waals surface area contributed by atoms with Crippen LogP contribution in [0.5, 0.6) is 0 Å². The number of hydrogen-bond acceptors (Lipinski definition) is 4. The van der Waals surface area contributed by atoms with Crippen molar-refractivity contribution in [2.45, 2.75) is 39.0 Å². The molecular formula is C22H22N2O3. The van der Waals surface area contributed by atoms with Crippen LogP contribution in [0.2, 0.25) is 0 Å². The second-order valence-electron chi connectivity index (χ2n) is 7.20. The molecule has 138 valence electrons. The second kappa shape index (κ2) is 6.99. The van der Waals surface area contributed by atoms with E-state index in [0.717, 1.165) is 35.4 Å². The molecule has 5 heteroatoms. The van der Waals surface area contributed by atoms with Crippen LogP contribution in [0.1, 0.15) is 43.2 Å². The molecule has 1 aliphatic carbocycles. The number of benzene rings is 1. The first-order valence-corrected chi connectivity index (χ1v) is 9.26. The summed E-state index contributed by atoms with van der Waals surface area (Å²) in [4.78, 5) is 30.7. The van der Waals surface area contributed by atoms with Gasteiger partial charge in [0, 0.05) is 35.0 Å². The molecule has 1 fully saturated rings. The molecular weight excluding hydrogens is 340 g/mol. The number of hydrogen-bond donors (Lipinski definition) is 1. The van der Waals surface area contributed by atoms with Crippen molar-refractivity contribution in [3.63, 3.8) is 0 Å². The van der Waals surface area contributed by atoms with Crippen molar-refractivity contribution in [3.8, 4) is 0 Å². The molecule has 2 aliphatic rings. The van der Waals surface area contributed by atoms with E-state index >= 15 is 0 Å². The maximum absolute atomic E-state index is 13.2. The molecule has 2 atom stereocenters. The zero-order valence-electron chi connectivity index (χ0n) is 15.5. The van der Waals surface area contributed by atoms with E-state index in [9.17, 15) is 9.59 Å². The number of aliphatic imine (C=N–C) groups is 1. The Bertz CT molecular complexity index is 954. The predicted octanol–water partition coefficient (Wildman–Crippen LogP) is 4.41. The van der Waals surface area contributed by atoms with Gasteiger partial charge in [-0.1, -0.05) is 18.2 Å². The van der Waals surface area contributed by atoms with Gasteiger partial charge >= 0.3 is 0 Å². The van der Waals surface area contributed by atoms with Gasteiger partial charge in [-0.25, -0.2) is 0 Å². The largest absolute Gasteiger partial charge is 0.472 e. The fraction of sp³-hybridized carbons (Fsp3) is 0.318. The molecule has 0 bridgehead atoms. The Morgan fingerprint density at radius 3 is 2.70 bits per heavy atom. The van der Waals surface area contributed by atoms with Gasteiger partial charge in [-0.05, 0) is 49.9 Å². The topological polar surface area (TPSA) is 71.7 Å². The third-order valence-corrected chi connectivity index (χ3v) is 5.45. The summed E-state index contributed by atoms with van der Waals surface area (Å²) >= 11 is 0. The van der Waals surface area contributed by atoms with Gasteiger partial charge in [0.15, 0.2) is 0 Å². The summed E-state index contributed by atoms with van der Waals surface area (Å²) in [6.45, 7) is 3.80.